The van der Waals surface area contributed by atoms with Crippen molar-refractivity contribution < 1.29 is 13.9 Å². The van der Waals surface area contributed by atoms with E-state index in [1.165, 1.54) is 6.07 Å². The highest BCUT2D eigenvalue weighted by Crippen LogP contribution is 2.07. The molecule has 7 heteroatoms. The Morgan fingerprint density at radius 3 is 2.44 bits per heavy atom. The molecule has 27 heavy (non-hydrogen) atoms. The highest BCUT2D eigenvalue weighted by molar-refractivity contribution is 14.0. The molecule has 0 unspecified atom stereocenters. The third-order valence-electron chi connectivity index (χ3n) is 3.79. The van der Waals surface area contributed by atoms with Crippen LogP contribution in [-0.4, -0.2) is 32.1 Å². The number of carbonyl (C=O) groups is 1. The Labute approximate surface area is 176 Å². The van der Waals surface area contributed by atoms with Gasteiger partial charge in [0.1, 0.15) is 5.82 Å². The number of hydrogen-bond donors (Lipinski definition) is 2. The lowest BCUT2D eigenvalue weighted by atomic mass is 10.1. The molecule has 0 spiro atoms. The average molecular weight is 485 g/mol. The highest BCUT2D eigenvalue weighted by atomic mass is 127. The van der Waals surface area contributed by atoms with Gasteiger partial charge in [0.15, 0.2) is 5.96 Å². The number of esters is 1. The number of nitrogens with one attached hydrogen (secondary N) is 2. The summed E-state index contributed by atoms with van der Waals surface area (Å²) in [6.45, 7) is 3.27. The van der Waals surface area contributed by atoms with Crippen molar-refractivity contribution in [3.8, 4) is 0 Å². The number of rotatable bonds is 7. The molecule has 5 nitrogen and oxygen atoms in total. The lowest BCUT2D eigenvalue weighted by Gasteiger charge is -2.12. The number of nitrogens with zero attached hydrogens (tertiary/aromatic N) is 1. The van der Waals surface area contributed by atoms with Gasteiger partial charge in [0.25, 0.3) is 0 Å². The Morgan fingerprint density at radius 2 is 1.81 bits per heavy atom. The van der Waals surface area contributed by atoms with E-state index in [9.17, 15) is 9.18 Å². The Bertz CT molecular complexity index is 751. The molecule has 0 aromatic heterocycles. The van der Waals surface area contributed by atoms with Gasteiger partial charge in [-0.05, 0) is 42.7 Å². The van der Waals surface area contributed by atoms with E-state index < -0.39 is 0 Å². The maximum Gasteiger partial charge on any atom is 0.338 e. The average Bonchev–Trinajstić information content (AvgIpc) is 2.66. The number of guanidine groups is 1. The molecule has 2 aromatic carbocycles. The molecule has 0 saturated carbocycles. The van der Waals surface area contributed by atoms with Crippen LogP contribution in [0.25, 0.3) is 0 Å². The minimum atomic E-state index is -0.322. The zero-order valence-electron chi connectivity index (χ0n) is 15.5. The molecule has 2 aromatic rings. The van der Waals surface area contributed by atoms with E-state index >= 15 is 0 Å². The van der Waals surface area contributed by atoms with E-state index in [2.05, 4.69) is 15.6 Å². The number of ether oxygens (including phenoxy) is 1. The lowest BCUT2D eigenvalue weighted by molar-refractivity contribution is 0.0526. The van der Waals surface area contributed by atoms with Crippen molar-refractivity contribution in [3.05, 3.63) is 71.0 Å². The van der Waals surface area contributed by atoms with Crippen LogP contribution in [0.4, 0.5) is 4.39 Å². The third-order valence-corrected chi connectivity index (χ3v) is 3.79. The predicted molar refractivity (Wildman–Crippen MR) is 116 cm³/mol. The van der Waals surface area contributed by atoms with Crippen LogP contribution in [0.3, 0.4) is 0 Å². The number of benzene rings is 2. The van der Waals surface area contributed by atoms with Crippen LogP contribution in [0.1, 0.15) is 28.4 Å². The van der Waals surface area contributed by atoms with E-state index in [0.717, 1.165) is 5.56 Å². The molecule has 0 saturated heterocycles. The second kappa shape index (κ2) is 12.3. The highest BCUT2D eigenvalue weighted by Gasteiger charge is 2.06. The SMILES string of the molecule is CCOC(=O)c1ccc(CNC(=NC)NCCc2ccccc2F)cc1.I. The smallest absolute Gasteiger partial charge is 0.338 e. The largest absolute Gasteiger partial charge is 0.462 e. The summed E-state index contributed by atoms with van der Waals surface area (Å²) in [6.07, 6.45) is 0.571. The fourth-order valence-electron chi connectivity index (χ4n) is 2.40. The topological polar surface area (TPSA) is 62.7 Å². The molecule has 2 rings (SSSR count). The van der Waals surface area contributed by atoms with Crippen LogP contribution in [0.2, 0.25) is 0 Å². The van der Waals surface area contributed by atoms with Gasteiger partial charge in [0.2, 0.25) is 0 Å². The van der Waals surface area contributed by atoms with Gasteiger partial charge >= 0.3 is 5.97 Å². The van der Waals surface area contributed by atoms with Gasteiger partial charge in [0.05, 0.1) is 12.2 Å². The zero-order valence-corrected chi connectivity index (χ0v) is 17.8. The molecule has 146 valence electrons. The number of halogens is 2. The van der Waals surface area contributed by atoms with Crippen molar-refractivity contribution >= 4 is 35.9 Å². The molecule has 0 heterocycles. The molecular weight excluding hydrogens is 460 g/mol. The fraction of sp³-hybridized carbons (Fsp3) is 0.300. The van der Waals surface area contributed by atoms with Crippen LogP contribution in [0.15, 0.2) is 53.5 Å². The summed E-state index contributed by atoms with van der Waals surface area (Å²) in [5.74, 6) is 0.118. The summed E-state index contributed by atoms with van der Waals surface area (Å²) in [5, 5.41) is 6.35. The van der Waals surface area contributed by atoms with Crippen molar-refractivity contribution in [2.45, 2.75) is 19.9 Å². The van der Waals surface area contributed by atoms with Crippen LogP contribution < -0.4 is 10.6 Å². The van der Waals surface area contributed by atoms with Gasteiger partial charge < -0.3 is 15.4 Å². The molecule has 0 amide bonds. The van der Waals surface area contributed by atoms with Gasteiger partial charge in [-0.3, -0.25) is 4.99 Å². The molecule has 0 aliphatic rings. The first-order chi connectivity index (χ1) is 12.6. The first-order valence-corrected chi connectivity index (χ1v) is 8.58. The quantitative estimate of drug-likeness (QED) is 0.273. The molecule has 0 atom stereocenters. The maximum atomic E-state index is 13.6. The van der Waals surface area contributed by atoms with Gasteiger partial charge in [-0.15, -0.1) is 24.0 Å². The molecule has 0 fully saturated rings. The second-order valence-corrected chi connectivity index (χ2v) is 5.61. The molecule has 0 aliphatic carbocycles. The van der Waals surface area contributed by atoms with E-state index in [-0.39, 0.29) is 35.8 Å². The van der Waals surface area contributed by atoms with Gasteiger partial charge in [-0.2, -0.15) is 0 Å². The Hall–Kier alpha value is -2.16. The van der Waals surface area contributed by atoms with Gasteiger partial charge in [-0.1, -0.05) is 30.3 Å². The van der Waals surface area contributed by atoms with Crippen LogP contribution in [0.5, 0.6) is 0 Å². The Balaban J connectivity index is 0.00000364. The number of aliphatic imine (C=N–C) groups is 1. The van der Waals surface area contributed by atoms with Crippen molar-refractivity contribution in [1.82, 2.24) is 10.6 Å². The normalized spacial score (nSPS) is 10.7. The summed E-state index contributed by atoms with van der Waals surface area (Å²) in [4.78, 5) is 15.8. The zero-order chi connectivity index (χ0) is 18.8. The Morgan fingerprint density at radius 1 is 1.11 bits per heavy atom. The predicted octanol–water partition coefficient (Wildman–Crippen LogP) is 3.53. The summed E-state index contributed by atoms with van der Waals surface area (Å²) < 4.78 is 18.6. The van der Waals surface area contributed by atoms with E-state index in [1.54, 1.807) is 38.2 Å². The van der Waals surface area contributed by atoms with E-state index in [1.807, 2.05) is 18.2 Å². The minimum Gasteiger partial charge on any atom is -0.462 e. The monoisotopic (exact) mass is 485 g/mol. The maximum absolute atomic E-state index is 13.6. The first-order valence-electron chi connectivity index (χ1n) is 8.58. The number of hydrogen-bond acceptors (Lipinski definition) is 3. The van der Waals surface area contributed by atoms with Crippen LogP contribution in [0, 0.1) is 5.82 Å². The summed E-state index contributed by atoms with van der Waals surface area (Å²) >= 11 is 0. The fourth-order valence-corrected chi connectivity index (χ4v) is 2.40. The summed E-state index contributed by atoms with van der Waals surface area (Å²) in [7, 11) is 1.68. The molecule has 2 N–H and O–H groups in total. The van der Waals surface area contributed by atoms with Gasteiger partial charge in [0, 0.05) is 20.1 Å². The molecular formula is C20H25FIN3O2. The third kappa shape index (κ3) is 7.54. The van der Waals surface area contributed by atoms with Crippen molar-refractivity contribution in [2.75, 3.05) is 20.2 Å². The molecule has 0 bridgehead atoms. The van der Waals surface area contributed by atoms with E-state index in [4.69, 9.17) is 4.74 Å². The van der Waals surface area contributed by atoms with Crippen LogP contribution in [-0.2, 0) is 17.7 Å². The first kappa shape index (κ1) is 22.9. The molecule has 0 radical (unpaired) electrons. The van der Waals surface area contributed by atoms with Crippen molar-refractivity contribution in [2.24, 2.45) is 4.99 Å². The molecule has 0 aliphatic heterocycles. The minimum absolute atomic E-state index is 0. The summed E-state index contributed by atoms with van der Waals surface area (Å²) in [5.41, 5.74) is 2.21. The summed E-state index contributed by atoms with van der Waals surface area (Å²) in [6, 6.07) is 14.0. The van der Waals surface area contributed by atoms with E-state index in [0.29, 0.717) is 43.2 Å². The van der Waals surface area contributed by atoms with Crippen LogP contribution >= 0.6 is 24.0 Å². The second-order valence-electron chi connectivity index (χ2n) is 5.61. The van der Waals surface area contributed by atoms with Gasteiger partial charge in [-0.25, -0.2) is 9.18 Å². The number of carbonyl (C=O) groups excluding carboxylic acids is 1. The van der Waals surface area contributed by atoms with Crippen molar-refractivity contribution in [1.29, 1.82) is 0 Å². The Kier molecular flexibility index (Phi) is 10.4. The lowest BCUT2D eigenvalue weighted by Crippen LogP contribution is -2.37. The van der Waals surface area contributed by atoms with Crippen molar-refractivity contribution in [3.63, 3.8) is 0 Å². The standard InChI is InChI=1S/C20H24FN3O2.HI/c1-3-26-19(25)17-10-8-15(9-11-17)14-24-20(22-2)23-13-12-16-6-4-5-7-18(16)21;/h4-11H,3,12-14H2,1-2H3,(H2,22,23,24);1H.